The molecular weight excluding hydrogens is 521 g/mol. The molecule has 0 radical (unpaired) electrons. The highest BCUT2D eigenvalue weighted by Crippen LogP contribution is 2.23. The summed E-state index contributed by atoms with van der Waals surface area (Å²) in [5.74, 6) is 4.91. The average molecular weight is 555 g/mol. The molecule has 39 heavy (non-hydrogen) atoms. The molecular formula is C24H33F3N8O4. The highest BCUT2D eigenvalue weighted by Gasteiger charge is 2.31. The van der Waals surface area contributed by atoms with Crippen LogP contribution in [-0.2, 0) is 22.6 Å². The van der Waals surface area contributed by atoms with Crippen LogP contribution in [0.1, 0.15) is 41.7 Å². The Morgan fingerprint density at radius 1 is 1.28 bits per heavy atom. The number of hydrazine groups is 1. The Kier molecular flexibility index (Phi) is 10.9. The fourth-order valence-electron chi connectivity index (χ4n) is 3.81. The summed E-state index contributed by atoms with van der Waals surface area (Å²) < 4.78 is 47.9. The normalized spacial score (nSPS) is 16.0. The molecule has 1 saturated heterocycles. The minimum atomic E-state index is -4.81. The molecule has 1 aromatic carbocycles. The summed E-state index contributed by atoms with van der Waals surface area (Å²) in [5.41, 5.74) is 6.26. The molecule has 1 atom stereocenters. The summed E-state index contributed by atoms with van der Waals surface area (Å²) in [5, 5.41) is 14.5. The Morgan fingerprint density at radius 2 is 2.10 bits per heavy atom. The van der Waals surface area contributed by atoms with Gasteiger partial charge in [0.25, 0.3) is 11.8 Å². The van der Waals surface area contributed by atoms with E-state index in [0.717, 1.165) is 25.5 Å². The van der Waals surface area contributed by atoms with E-state index >= 15 is 0 Å². The van der Waals surface area contributed by atoms with Crippen LogP contribution in [0.5, 0.6) is 5.75 Å². The fourth-order valence-corrected chi connectivity index (χ4v) is 3.81. The van der Waals surface area contributed by atoms with Gasteiger partial charge in [0.05, 0.1) is 12.8 Å². The van der Waals surface area contributed by atoms with Gasteiger partial charge in [-0.2, -0.15) is 0 Å². The first-order valence-electron chi connectivity index (χ1n) is 12.5. The lowest BCUT2D eigenvalue weighted by atomic mass is 10.0. The molecule has 0 aliphatic carbocycles. The zero-order valence-electron chi connectivity index (χ0n) is 21.3. The molecule has 12 nitrogen and oxygen atoms in total. The Labute approximate surface area is 223 Å². The van der Waals surface area contributed by atoms with E-state index in [1.54, 1.807) is 10.9 Å². The molecule has 15 heteroatoms. The predicted molar refractivity (Wildman–Crippen MR) is 133 cm³/mol. The molecule has 3 rings (SSSR count). The highest BCUT2D eigenvalue weighted by molar-refractivity contribution is 5.92. The number of nitrogens with two attached hydrogens (primary N) is 2. The Bertz CT molecular complexity index is 1120. The number of hydrogen-bond acceptors (Lipinski definition) is 9. The molecule has 1 aliphatic rings. The monoisotopic (exact) mass is 554 g/mol. The molecule has 2 heterocycles. The lowest BCUT2D eigenvalue weighted by Gasteiger charge is -2.21. The van der Waals surface area contributed by atoms with Gasteiger partial charge in [0.1, 0.15) is 11.4 Å². The first kappa shape index (κ1) is 29.7. The van der Waals surface area contributed by atoms with E-state index < -0.39 is 12.3 Å². The van der Waals surface area contributed by atoms with Crippen LogP contribution in [0, 0.1) is 5.92 Å². The lowest BCUT2D eigenvalue weighted by molar-refractivity contribution is -0.274. The Hall–Kier alpha value is -3.85. The Morgan fingerprint density at radius 3 is 2.85 bits per heavy atom. The van der Waals surface area contributed by atoms with Crippen LogP contribution in [0.4, 0.5) is 13.2 Å². The molecule has 1 aromatic heterocycles. The van der Waals surface area contributed by atoms with Gasteiger partial charge in [-0.3, -0.25) is 14.3 Å². The van der Waals surface area contributed by atoms with Gasteiger partial charge in [0.2, 0.25) is 0 Å². The largest absolute Gasteiger partial charge is 0.573 e. The van der Waals surface area contributed by atoms with E-state index in [-0.39, 0.29) is 29.6 Å². The summed E-state index contributed by atoms with van der Waals surface area (Å²) in [6.07, 6.45) is 1.38. The van der Waals surface area contributed by atoms with Crippen molar-refractivity contribution in [3.05, 3.63) is 53.6 Å². The summed E-state index contributed by atoms with van der Waals surface area (Å²) in [4.78, 5) is 24.5. The second-order valence-electron chi connectivity index (χ2n) is 9.07. The number of carbonyl (C=O) groups excluding carboxylic acids is 2. The first-order chi connectivity index (χ1) is 18.6. The molecule has 214 valence electrons. The van der Waals surface area contributed by atoms with Crippen LogP contribution in [0.15, 0.2) is 42.4 Å². The van der Waals surface area contributed by atoms with Crippen molar-refractivity contribution < 1.29 is 32.2 Å². The van der Waals surface area contributed by atoms with Gasteiger partial charge in [-0.1, -0.05) is 17.3 Å². The van der Waals surface area contributed by atoms with E-state index in [2.05, 4.69) is 25.7 Å². The smallest absolute Gasteiger partial charge is 0.406 e. The van der Waals surface area contributed by atoms with Crippen molar-refractivity contribution in [2.75, 3.05) is 26.3 Å². The minimum Gasteiger partial charge on any atom is -0.406 e. The predicted octanol–water partition coefficient (Wildman–Crippen LogP) is 1.41. The van der Waals surface area contributed by atoms with E-state index in [0.29, 0.717) is 50.6 Å². The van der Waals surface area contributed by atoms with Crippen molar-refractivity contribution in [1.82, 2.24) is 30.6 Å². The van der Waals surface area contributed by atoms with Gasteiger partial charge >= 0.3 is 6.36 Å². The van der Waals surface area contributed by atoms with Crippen molar-refractivity contribution in [3.63, 3.8) is 0 Å². The van der Waals surface area contributed by atoms with E-state index in [1.807, 2.05) is 0 Å². The summed E-state index contributed by atoms with van der Waals surface area (Å²) in [6, 6.07) is 5.25. The molecule has 2 aromatic rings. The maximum atomic E-state index is 12.4. The number of benzene rings is 1. The van der Waals surface area contributed by atoms with Crippen LogP contribution >= 0.6 is 0 Å². The summed E-state index contributed by atoms with van der Waals surface area (Å²) in [7, 11) is 0. The van der Waals surface area contributed by atoms with Gasteiger partial charge in [0, 0.05) is 39.0 Å². The number of aromatic nitrogens is 3. The SMILES string of the molecule is N/C(=C\N(N)CCCCn1cc(C(=O)NCC2CCCOC2)nn1)C(=O)NCc1cccc(OC(F)(F)F)c1. The molecule has 1 unspecified atom stereocenters. The van der Waals surface area contributed by atoms with Crippen molar-refractivity contribution in [3.8, 4) is 5.75 Å². The highest BCUT2D eigenvalue weighted by atomic mass is 19.4. The fraction of sp³-hybridized carbons (Fsp3) is 0.500. The number of aryl methyl sites for hydroxylation is 1. The van der Waals surface area contributed by atoms with Gasteiger partial charge in [-0.05, 0) is 49.3 Å². The molecule has 1 aliphatic heterocycles. The van der Waals surface area contributed by atoms with Gasteiger partial charge < -0.3 is 30.8 Å². The van der Waals surface area contributed by atoms with E-state index in [9.17, 15) is 22.8 Å². The number of carbonyl (C=O) groups is 2. The van der Waals surface area contributed by atoms with E-state index in [1.165, 1.54) is 29.4 Å². The molecule has 2 amide bonds. The third kappa shape index (κ3) is 10.8. The van der Waals surface area contributed by atoms with Crippen molar-refractivity contribution in [2.45, 2.75) is 45.1 Å². The number of rotatable bonds is 13. The number of amides is 2. The number of hydrogen-bond donors (Lipinski definition) is 4. The summed E-state index contributed by atoms with van der Waals surface area (Å²) in [6.45, 7) is 2.80. The van der Waals surface area contributed by atoms with Gasteiger partial charge in [-0.15, -0.1) is 18.3 Å². The minimum absolute atomic E-state index is 0.0556. The van der Waals surface area contributed by atoms with Gasteiger partial charge in [-0.25, -0.2) is 5.84 Å². The quantitative estimate of drug-likeness (QED) is 0.124. The topological polar surface area (TPSA) is 163 Å². The van der Waals surface area contributed by atoms with Crippen LogP contribution in [0.3, 0.4) is 0 Å². The van der Waals surface area contributed by atoms with Gasteiger partial charge in [0.15, 0.2) is 5.69 Å². The van der Waals surface area contributed by atoms with Crippen LogP contribution in [-0.4, -0.2) is 64.5 Å². The number of alkyl halides is 3. The standard InChI is InChI=1S/C24H33F3N8O4/c25-24(26,27)39-19-7-3-5-17(11-19)12-30-22(36)20(28)14-34(29)8-1-2-9-35-15-21(32-33-35)23(37)31-13-18-6-4-10-38-16-18/h3,5,7,11,14-15,18H,1-2,4,6,8-10,12-13,16,28-29H2,(H,30,36)(H,31,37)/b20-14-. The van der Waals surface area contributed by atoms with E-state index in [4.69, 9.17) is 16.3 Å². The zero-order chi connectivity index (χ0) is 28.3. The third-order valence-electron chi connectivity index (χ3n) is 5.78. The first-order valence-corrected chi connectivity index (χ1v) is 12.5. The molecule has 1 fully saturated rings. The molecule has 0 spiro atoms. The maximum Gasteiger partial charge on any atom is 0.573 e. The van der Waals surface area contributed by atoms with Crippen molar-refractivity contribution in [2.24, 2.45) is 17.5 Å². The Balaban J connectivity index is 1.34. The third-order valence-corrected chi connectivity index (χ3v) is 5.78. The second-order valence-corrected chi connectivity index (χ2v) is 9.07. The van der Waals surface area contributed by atoms with Crippen LogP contribution in [0.25, 0.3) is 0 Å². The number of nitrogens with one attached hydrogen (secondary N) is 2. The number of nitrogens with zero attached hydrogens (tertiary/aromatic N) is 4. The lowest BCUT2D eigenvalue weighted by Crippen LogP contribution is -2.33. The second kappa shape index (κ2) is 14.3. The molecule has 6 N–H and O–H groups in total. The molecule has 0 saturated carbocycles. The summed E-state index contributed by atoms with van der Waals surface area (Å²) >= 11 is 0. The van der Waals surface area contributed by atoms with Crippen molar-refractivity contribution in [1.29, 1.82) is 0 Å². The average Bonchev–Trinajstić information content (AvgIpc) is 3.37. The number of ether oxygens (including phenoxy) is 2. The number of unbranched alkanes of at least 4 members (excludes halogenated alkanes) is 1. The zero-order valence-corrected chi connectivity index (χ0v) is 21.3. The molecule has 0 bridgehead atoms. The van der Waals surface area contributed by atoms with Crippen molar-refractivity contribution >= 4 is 11.8 Å². The van der Waals surface area contributed by atoms with Crippen LogP contribution in [0.2, 0.25) is 0 Å². The number of halogens is 3. The maximum absolute atomic E-state index is 12.4. The van der Waals surface area contributed by atoms with Crippen LogP contribution < -0.4 is 26.9 Å².